The SMILES string of the molecule is COC(CN[C@H](CO)Cc1ccccc1)OC. The first-order chi connectivity index (χ1) is 8.30. The number of nitrogens with one attached hydrogen (secondary N) is 1. The largest absolute Gasteiger partial charge is 0.395 e. The molecule has 1 rings (SSSR count). The van der Waals surface area contributed by atoms with Gasteiger partial charge in [-0.3, -0.25) is 0 Å². The van der Waals surface area contributed by atoms with Crippen LogP contribution in [0.4, 0.5) is 0 Å². The van der Waals surface area contributed by atoms with Gasteiger partial charge in [0.25, 0.3) is 0 Å². The lowest BCUT2D eigenvalue weighted by Gasteiger charge is -2.20. The van der Waals surface area contributed by atoms with E-state index in [1.165, 1.54) is 5.56 Å². The van der Waals surface area contributed by atoms with Crippen LogP contribution in [0.3, 0.4) is 0 Å². The fourth-order valence-corrected chi connectivity index (χ4v) is 1.63. The van der Waals surface area contributed by atoms with Crippen LogP contribution in [-0.4, -0.2) is 44.8 Å². The number of hydrogen-bond acceptors (Lipinski definition) is 4. The van der Waals surface area contributed by atoms with Gasteiger partial charge in [0.2, 0.25) is 0 Å². The number of benzene rings is 1. The highest BCUT2D eigenvalue weighted by atomic mass is 16.7. The van der Waals surface area contributed by atoms with Crippen molar-refractivity contribution in [2.75, 3.05) is 27.4 Å². The quantitative estimate of drug-likeness (QED) is 0.659. The first-order valence-electron chi connectivity index (χ1n) is 5.74. The Morgan fingerprint density at radius 1 is 1.18 bits per heavy atom. The van der Waals surface area contributed by atoms with Crippen LogP contribution < -0.4 is 5.32 Å². The Labute approximate surface area is 103 Å². The summed E-state index contributed by atoms with van der Waals surface area (Å²) in [6.07, 6.45) is 0.511. The highest BCUT2D eigenvalue weighted by Crippen LogP contribution is 2.03. The minimum Gasteiger partial charge on any atom is -0.395 e. The van der Waals surface area contributed by atoms with Crippen molar-refractivity contribution in [3.63, 3.8) is 0 Å². The maximum absolute atomic E-state index is 9.30. The summed E-state index contributed by atoms with van der Waals surface area (Å²) in [4.78, 5) is 0. The van der Waals surface area contributed by atoms with E-state index < -0.39 is 0 Å². The Hall–Kier alpha value is -0.940. The van der Waals surface area contributed by atoms with Gasteiger partial charge in [-0.1, -0.05) is 30.3 Å². The van der Waals surface area contributed by atoms with Crippen LogP contribution in [0.5, 0.6) is 0 Å². The maximum Gasteiger partial charge on any atom is 0.169 e. The number of aliphatic hydroxyl groups excluding tert-OH is 1. The number of ether oxygens (including phenoxy) is 2. The Bertz CT molecular complexity index is 288. The molecule has 0 aromatic heterocycles. The average Bonchev–Trinajstić information content (AvgIpc) is 2.39. The summed E-state index contributed by atoms with van der Waals surface area (Å²) in [6.45, 7) is 0.653. The second-order valence-electron chi connectivity index (χ2n) is 3.88. The van der Waals surface area contributed by atoms with Gasteiger partial charge in [0.1, 0.15) is 0 Å². The van der Waals surface area contributed by atoms with Gasteiger partial charge in [-0.2, -0.15) is 0 Å². The summed E-state index contributed by atoms with van der Waals surface area (Å²) in [6, 6.07) is 10.1. The van der Waals surface area contributed by atoms with E-state index in [1.54, 1.807) is 14.2 Å². The van der Waals surface area contributed by atoms with E-state index in [1.807, 2.05) is 18.2 Å². The van der Waals surface area contributed by atoms with Crippen LogP contribution >= 0.6 is 0 Å². The molecule has 1 atom stereocenters. The third-order valence-corrected chi connectivity index (χ3v) is 2.64. The minimum absolute atomic E-state index is 0.0187. The van der Waals surface area contributed by atoms with Gasteiger partial charge in [-0.05, 0) is 12.0 Å². The predicted octanol–water partition coefficient (Wildman–Crippen LogP) is 0.798. The lowest BCUT2D eigenvalue weighted by molar-refractivity contribution is -0.100. The van der Waals surface area contributed by atoms with Crippen molar-refractivity contribution in [2.24, 2.45) is 0 Å². The zero-order valence-corrected chi connectivity index (χ0v) is 10.4. The number of hydrogen-bond donors (Lipinski definition) is 2. The summed E-state index contributed by atoms with van der Waals surface area (Å²) >= 11 is 0. The standard InChI is InChI=1S/C13H21NO3/c1-16-13(17-2)9-14-12(10-15)8-11-6-4-3-5-7-11/h3-7,12-15H,8-10H2,1-2H3/t12-/m0/s1. The number of methoxy groups -OCH3 is 2. The van der Waals surface area contributed by atoms with Crippen LogP contribution in [0, 0.1) is 0 Å². The molecule has 4 nitrogen and oxygen atoms in total. The van der Waals surface area contributed by atoms with Crippen molar-refractivity contribution in [1.82, 2.24) is 5.32 Å². The summed E-state index contributed by atoms with van der Waals surface area (Å²) in [5.41, 5.74) is 1.20. The molecule has 0 fully saturated rings. The average molecular weight is 239 g/mol. The zero-order valence-electron chi connectivity index (χ0n) is 10.4. The molecule has 0 radical (unpaired) electrons. The molecule has 1 aromatic rings. The summed E-state index contributed by atoms with van der Waals surface area (Å²) in [7, 11) is 3.20. The molecule has 0 aliphatic heterocycles. The Kier molecular flexibility index (Phi) is 6.81. The fraction of sp³-hybridized carbons (Fsp3) is 0.538. The molecule has 0 bridgehead atoms. The van der Waals surface area contributed by atoms with E-state index in [-0.39, 0.29) is 18.9 Å². The van der Waals surface area contributed by atoms with Crippen LogP contribution in [0.15, 0.2) is 30.3 Å². The highest BCUT2D eigenvalue weighted by Gasteiger charge is 2.11. The van der Waals surface area contributed by atoms with Crippen LogP contribution in [0.25, 0.3) is 0 Å². The van der Waals surface area contributed by atoms with Crippen molar-refractivity contribution in [3.8, 4) is 0 Å². The van der Waals surface area contributed by atoms with Crippen LogP contribution in [0.1, 0.15) is 5.56 Å². The van der Waals surface area contributed by atoms with Gasteiger partial charge in [-0.25, -0.2) is 0 Å². The molecule has 17 heavy (non-hydrogen) atoms. The molecule has 0 saturated heterocycles. The zero-order chi connectivity index (χ0) is 12.5. The van der Waals surface area contributed by atoms with Crippen molar-refractivity contribution in [2.45, 2.75) is 18.8 Å². The van der Waals surface area contributed by atoms with E-state index in [0.717, 1.165) is 6.42 Å². The molecule has 96 valence electrons. The number of rotatable bonds is 8. The predicted molar refractivity (Wildman–Crippen MR) is 66.8 cm³/mol. The molecular weight excluding hydrogens is 218 g/mol. The molecular formula is C13H21NO3. The van der Waals surface area contributed by atoms with Crippen molar-refractivity contribution >= 4 is 0 Å². The fourth-order valence-electron chi connectivity index (χ4n) is 1.63. The summed E-state index contributed by atoms with van der Waals surface area (Å²) < 4.78 is 10.2. The highest BCUT2D eigenvalue weighted by molar-refractivity contribution is 5.15. The van der Waals surface area contributed by atoms with Gasteiger partial charge in [0.15, 0.2) is 6.29 Å². The summed E-state index contributed by atoms with van der Waals surface area (Å²) in [5, 5.41) is 12.5. The van der Waals surface area contributed by atoms with Gasteiger partial charge < -0.3 is 19.9 Å². The molecule has 0 aliphatic rings. The lowest BCUT2D eigenvalue weighted by Crippen LogP contribution is -2.40. The Morgan fingerprint density at radius 3 is 2.35 bits per heavy atom. The van der Waals surface area contributed by atoms with E-state index in [9.17, 15) is 5.11 Å². The van der Waals surface area contributed by atoms with Gasteiger partial charge >= 0.3 is 0 Å². The first-order valence-corrected chi connectivity index (χ1v) is 5.74. The molecule has 0 amide bonds. The minimum atomic E-state index is -0.278. The molecule has 0 saturated carbocycles. The van der Waals surface area contributed by atoms with Crippen LogP contribution in [0.2, 0.25) is 0 Å². The third kappa shape index (κ3) is 5.28. The molecule has 2 N–H and O–H groups in total. The molecule has 0 heterocycles. The molecule has 0 aliphatic carbocycles. The molecule has 4 heteroatoms. The van der Waals surface area contributed by atoms with Crippen molar-refractivity contribution in [1.29, 1.82) is 0 Å². The van der Waals surface area contributed by atoms with Gasteiger partial charge in [-0.15, -0.1) is 0 Å². The first kappa shape index (κ1) is 14.1. The smallest absolute Gasteiger partial charge is 0.169 e. The Balaban J connectivity index is 2.38. The van der Waals surface area contributed by atoms with Crippen LogP contribution in [-0.2, 0) is 15.9 Å². The maximum atomic E-state index is 9.30. The molecule has 0 spiro atoms. The second kappa shape index (κ2) is 8.20. The Morgan fingerprint density at radius 2 is 1.82 bits per heavy atom. The third-order valence-electron chi connectivity index (χ3n) is 2.64. The normalized spacial score (nSPS) is 12.9. The monoisotopic (exact) mass is 239 g/mol. The van der Waals surface area contributed by atoms with Gasteiger partial charge in [0, 0.05) is 26.8 Å². The summed E-state index contributed by atoms with van der Waals surface area (Å²) in [5.74, 6) is 0. The number of aliphatic hydroxyl groups is 1. The lowest BCUT2D eigenvalue weighted by atomic mass is 10.1. The van der Waals surface area contributed by atoms with E-state index >= 15 is 0 Å². The van der Waals surface area contributed by atoms with Gasteiger partial charge in [0.05, 0.1) is 6.61 Å². The van der Waals surface area contributed by atoms with E-state index in [2.05, 4.69) is 17.4 Å². The molecule has 0 unspecified atom stereocenters. The van der Waals surface area contributed by atoms with E-state index in [4.69, 9.17) is 9.47 Å². The van der Waals surface area contributed by atoms with Crippen molar-refractivity contribution in [3.05, 3.63) is 35.9 Å². The second-order valence-corrected chi connectivity index (χ2v) is 3.88. The van der Waals surface area contributed by atoms with E-state index in [0.29, 0.717) is 6.54 Å². The topological polar surface area (TPSA) is 50.7 Å². The molecule has 1 aromatic carbocycles. The van der Waals surface area contributed by atoms with Crippen molar-refractivity contribution < 1.29 is 14.6 Å².